The predicted octanol–water partition coefficient (Wildman–Crippen LogP) is 5.01. The van der Waals surface area contributed by atoms with Crippen molar-refractivity contribution in [1.29, 1.82) is 0 Å². The molecule has 3 nitrogen and oxygen atoms in total. The fourth-order valence-corrected chi connectivity index (χ4v) is 4.68. The van der Waals surface area contributed by atoms with Crippen LogP contribution in [0.5, 0.6) is 0 Å². The zero-order valence-electron chi connectivity index (χ0n) is 16.3. The van der Waals surface area contributed by atoms with Crippen LogP contribution < -0.4 is 0 Å². The molecule has 1 aromatic rings. The Hall–Kier alpha value is -1.60. The summed E-state index contributed by atoms with van der Waals surface area (Å²) in [5.74, 6) is 3.62. The van der Waals surface area contributed by atoms with Crippen LogP contribution in [0.1, 0.15) is 60.3 Å². The van der Waals surface area contributed by atoms with Gasteiger partial charge in [-0.05, 0) is 90.9 Å². The van der Waals surface area contributed by atoms with Gasteiger partial charge >= 0.3 is 0 Å². The van der Waals surface area contributed by atoms with Crippen LogP contribution in [0.3, 0.4) is 0 Å². The van der Waals surface area contributed by atoms with Crippen molar-refractivity contribution in [2.24, 2.45) is 5.92 Å². The molecule has 144 valence electrons. The van der Waals surface area contributed by atoms with Gasteiger partial charge in [-0.25, -0.2) is 0 Å². The summed E-state index contributed by atoms with van der Waals surface area (Å²) in [6, 6.07) is 4.15. The molecule has 4 heteroatoms. The lowest BCUT2D eigenvalue weighted by Crippen LogP contribution is -2.33. The van der Waals surface area contributed by atoms with Crippen molar-refractivity contribution in [3.63, 3.8) is 0 Å². The maximum atomic E-state index is 12.8. The molecular weight excluding hydrogens is 360 g/mol. The van der Waals surface area contributed by atoms with Gasteiger partial charge in [-0.1, -0.05) is 6.08 Å². The smallest absolute Gasteiger partial charge is 0.159 e. The predicted molar refractivity (Wildman–Crippen MR) is 108 cm³/mol. The molecule has 0 spiro atoms. The van der Waals surface area contributed by atoms with Crippen LogP contribution in [0.2, 0.25) is 0 Å². The van der Waals surface area contributed by atoms with Gasteiger partial charge < -0.3 is 9.47 Å². The minimum absolute atomic E-state index is 0.0809. The van der Waals surface area contributed by atoms with Crippen molar-refractivity contribution in [2.45, 2.75) is 58.2 Å². The summed E-state index contributed by atoms with van der Waals surface area (Å²) in [4.78, 5) is 12.8. The SMILES string of the molecule is COC1CC(C(C2=CCCCC2=O)c2c(C)cc(C#CCl)cc2C)CCO1. The minimum atomic E-state index is -0.201. The lowest BCUT2D eigenvalue weighted by molar-refractivity contribution is -0.160. The molecule has 0 aromatic heterocycles. The quantitative estimate of drug-likeness (QED) is 0.682. The number of hydrogen-bond acceptors (Lipinski definition) is 3. The number of aryl methyl sites for hydroxylation is 2. The lowest BCUT2D eigenvalue weighted by Gasteiger charge is -2.37. The molecule has 2 aliphatic rings. The second kappa shape index (κ2) is 9.06. The molecule has 1 aliphatic carbocycles. The van der Waals surface area contributed by atoms with Crippen molar-refractivity contribution in [3.05, 3.63) is 46.0 Å². The van der Waals surface area contributed by atoms with Crippen LogP contribution in [0.15, 0.2) is 23.8 Å². The summed E-state index contributed by atoms with van der Waals surface area (Å²) in [7, 11) is 1.68. The summed E-state index contributed by atoms with van der Waals surface area (Å²) in [6.07, 6.45) is 6.26. The molecule has 3 atom stereocenters. The monoisotopic (exact) mass is 386 g/mol. The largest absolute Gasteiger partial charge is 0.356 e. The van der Waals surface area contributed by atoms with E-state index in [9.17, 15) is 4.79 Å². The molecule has 3 unspecified atom stereocenters. The average Bonchev–Trinajstić information content (AvgIpc) is 2.66. The Labute approximate surface area is 167 Å². The van der Waals surface area contributed by atoms with Crippen LogP contribution in [-0.4, -0.2) is 25.8 Å². The van der Waals surface area contributed by atoms with E-state index < -0.39 is 0 Å². The van der Waals surface area contributed by atoms with Gasteiger partial charge in [-0.2, -0.15) is 0 Å². The first-order valence-corrected chi connectivity index (χ1v) is 10.0. The van der Waals surface area contributed by atoms with Crippen molar-refractivity contribution in [3.8, 4) is 11.3 Å². The number of methoxy groups -OCH3 is 1. The molecule has 0 N–H and O–H groups in total. The summed E-state index contributed by atoms with van der Waals surface area (Å²) < 4.78 is 11.2. The molecule has 1 fully saturated rings. The van der Waals surface area contributed by atoms with Gasteiger partial charge in [0.25, 0.3) is 0 Å². The van der Waals surface area contributed by atoms with E-state index in [1.165, 1.54) is 5.56 Å². The van der Waals surface area contributed by atoms with Crippen LogP contribution in [0.4, 0.5) is 0 Å². The Morgan fingerprint density at radius 3 is 2.67 bits per heavy atom. The number of ether oxygens (including phenoxy) is 2. The van der Waals surface area contributed by atoms with Gasteiger partial charge in [0.2, 0.25) is 0 Å². The van der Waals surface area contributed by atoms with E-state index in [0.717, 1.165) is 47.9 Å². The highest BCUT2D eigenvalue weighted by Gasteiger charge is 2.36. The second-order valence-electron chi connectivity index (χ2n) is 7.52. The van der Waals surface area contributed by atoms with Crippen LogP contribution >= 0.6 is 11.6 Å². The number of halogens is 1. The number of rotatable bonds is 4. The van der Waals surface area contributed by atoms with Crippen LogP contribution in [0, 0.1) is 31.1 Å². The first-order valence-electron chi connectivity index (χ1n) is 9.65. The fraction of sp³-hybridized carbons (Fsp3) is 0.522. The molecule has 1 heterocycles. The van der Waals surface area contributed by atoms with Crippen LogP contribution in [-0.2, 0) is 14.3 Å². The number of carbonyl (C=O) groups is 1. The van der Waals surface area contributed by atoms with Crippen molar-refractivity contribution < 1.29 is 14.3 Å². The third kappa shape index (κ3) is 4.46. The molecule has 27 heavy (non-hydrogen) atoms. The Morgan fingerprint density at radius 2 is 2.04 bits per heavy atom. The van der Waals surface area contributed by atoms with Gasteiger partial charge in [0.1, 0.15) is 0 Å². The standard InChI is InChI=1S/C23H27ClO3/c1-15-12-17(8-10-24)13-16(2)22(15)23(19-6-4-5-7-20(19)25)18-9-11-27-21(14-18)26-3/h6,12-13,18,21,23H,4-5,7,9,11,14H2,1-3H3. The summed E-state index contributed by atoms with van der Waals surface area (Å²) in [5.41, 5.74) is 5.46. The summed E-state index contributed by atoms with van der Waals surface area (Å²) in [5, 5.41) is 2.46. The Kier molecular flexibility index (Phi) is 6.76. The zero-order chi connectivity index (χ0) is 19.4. The number of ketones is 1. The molecule has 0 bridgehead atoms. The summed E-state index contributed by atoms with van der Waals surface area (Å²) in [6.45, 7) is 4.88. The molecule has 1 saturated heterocycles. The molecular formula is C23H27ClO3. The molecule has 0 saturated carbocycles. The Bertz CT molecular complexity index is 777. The van der Waals surface area contributed by atoms with Crippen LogP contribution in [0.25, 0.3) is 0 Å². The average molecular weight is 387 g/mol. The topological polar surface area (TPSA) is 35.5 Å². The number of allylic oxidation sites excluding steroid dienone is 2. The van der Waals surface area contributed by atoms with Gasteiger partial charge in [0.15, 0.2) is 12.1 Å². The van der Waals surface area contributed by atoms with Crippen molar-refractivity contribution >= 4 is 17.4 Å². The van der Waals surface area contributed by atoms with E-state index in [4.69, 9.17) is 21.1 Å². The maximum Gasteiger partial charge on any atom is 0.159 e. The highest BCUT2D eigenvalue weighted by molar-refractivity contribution is 6.30. The Balaban J connectivity index is 2.08. The maximum absolute atomic E-state index is 12.8. The van der Waals surface area contributed by atoms with E-state index in [1.54, 1.807) is 7.11 Å². The molecule has 3 rings (SSSR count). The first kappa shape index (κ1) is 20.1. The second-order valence-corrected chi connectivity index (χ2v) is 7.71. The van der Waals surface area contributed by atoms with E-state index >= 15 is 0 Å². The third-order valence-corrected chi connectivity index (χ3v) is 5.84. The third-order valence-electron chi connectivity index (χ3n) is 5.75. The van der Waals surface area contributed by atoms with Crippen molar-refractivity contribution in [1.82, 2.24) is 0 Å². The number of hydrogen-bond donors (Lipinski definition) is 0. The molecule has 1 aliphatic heterocycles. The first-order chi connectivity index (χ1) is 13.0. The normalized spacial score (nSPS) is 24.0. The number of carbonyl (C=O) groups excluding carboxylic acids is 1. The molecule has 1 aromatic carbocycles. The van der Waals surface area contributed by atoms with E-state index in [0.29, 0.717) is 18.9 Å². The van der Waals surface area contributed by atoms with E-state index in [1.807, 2.05) is 0 Å². The number of Topliss-reactive ketones (excluding diaryl/α,β-unsaturated/α-hetero) is 1. The van der Waals surface area contributed by atoms with Gasteiger partial charge in [0, 0.05) is 36.8 Å². The molecule has 0 amide bonds. The van der Waals surface area contributed by atoms with Crippen molar-refractivity contribution in [2.75, 3.05) is 13.7 Å². The zero-order valence-corrected chi connectivity index (χ0v) is 17.1. The van der Waals surface area contributed by atoms with Gasteiger partial charge in [-0.15, -0.1) is 0 Å². The van der Waals surface area contributed by atoms with Gasteiger partial charge in [0.05, 0.1) is 6.61 Å². The minimum Gasteiger partial charge on any atom is -0.356 e. The number of benzene rings is 1. The highest BCUT2D eigenvalue weighted by atomic mass is 35.5. The fourth-order valence-electron chi connectivity index (χ4n) is 4.57. The highest BCUT2D eigenvalue weighted by Crippen LogP contribution is 2.43. The lowest BCUT2D eigenvalue weighted by atomic mass is 9.71. The van der Waals surface area contributed by atoms with E-state index in [2.05, 4.69) is 43.4 Å². The summed E-state index contributed by atoms with van der Waals surface area (Å²) >= 11 is 5.60. The Morgan fingerprint density at radius 1 is 1.30 bits per heavy atom. The molecule has 0 radical (unpaired) electrons. The van der Waals surface area contributed by atoms with Gasteiger partial charge in [-0.3, -0.25) is 4.79 Å². The van der Waals surface area contributed by atoms with E-state index in [-0.39, 0.29) is 18.0 Å².